The molecule has 2 unspecified atom stereocenters. The zero-order valence-electron chi connectivity index (χ0n) is 13.0. The third-order valence-corrected chi connectivity index (χ3v) is 4.50. The number of hydrogen-bond donors (Lipinski definition) is 0. The molecule has 0 radical (unpaired) electrons. The van der Waals surface area contributed by atoms with E-state index in [-0.39, 0.29) is 0 Å². The van der Waals surface area contributed by atoms with Gasteiger partial charge in [0.05, 0.1) is 6.10 Å². The van der Waals surface area contributed by atoms with Crippen LogP contribution in [0.3, 0.4) is 0 Å². The van der Waals surface area contributed by atoms with Crippen LogP contribution in [0.4, 0.5) is 0 Å². The molecule has 1 aliphatic carbocycles. The molecule has 1 saturated carbocycles. The molecule has 2 nitrogen and oxygen atoms in total. The summed E-state index contributed by atoms with van der Waals surface area (Å²) in [4.78, 5) is 2.73. The SMILES string of the molecule is CC.CCOC1CCC(N2CCC(CC)CC2)C1. The van der Waals surface area contributed by atoms with Crippen LogP contribution in [0.25, 0.3) is 0 Å². The molecular weight excluding hydrogens is 222 g/mol. The predicted molar refractivity (Wildman–Crippen MR) is 79.0 cm³/mol. The Morgan fingerprint density at radius 2 is 1.67 bits per heavy atom. The minimum atomic E-state index is 0.555. The van der Waals surface area contributed by atoms with Crippen molar-refractivity contribution in [2.75, 3.05) is 19.7 Å². The minimum absolute atomic E-state index is 0.555. The number of hydrogen-bond acceptors (Lipinski definition) is 2. The van der Waals surface area contributed by atoms with Crippen LogP contribution in [0.1, 0.15) is 66.2 Å². The van der Waals surface area contributed by atoms with Gasteiger partial charge >= 0.3 is 0 Å². The first kappa shape index (κ1) is 16.0. The Morgan fingerprint density at radius 1 is 1.00 bits per heavy atom. The van der Waals surface area contributed by atoms with Crippen molar-refractivity contribution in [3.05, 3.63) is 0 Å². The van der Waals surface area contributed by atoms with E-state index in [1.54, 1.807) is 0 Å². The maximum Gasteiger partial charge on any atom is 0.0590 e. The van der Waals surface area contributed by atoms with Crippen molar-refractivity contribution in [1.82, 2.24) is 4.90 Å². The van der Waals surface area contributed by atoms with Gasteiger partial charge in [0.1, 0.15) is 0 Å². The molecule has 2 heteroatoms. The number of likely N-dealkylation sites (tertiary alicyclic amines) is 1. The van der Waals surface area contributed by atoms with Gasteiger partial charge in [0.25, 0.3) is 0 Å². The van der Waals surface area contributed by atoms with E-state index < -0.39 is 0 Å². The summed E-state index contributed by atoms with van der Waals surface area (Å²) in [6.45, 7) is 12.0. The van der Waals surface area contributed by atoms with Crippen molar-refractivity contribution < 1.29 is 4.74 Å². The third-order valence-electron chi connectivity index (χ3n) is 4.50. The molecule has 0 aromatic rings. The number of rotatable bonds is 4. The van der Waals surface area contributed by atoms with Crippen LogP contribution in [-0.4, -0.2) is 36.7 Å². The van der Waals surface area contributed by atoms with Gasteiger partial charge in [-0.05, 0) is 58.0 Å². The first-order valence-electron chi connectivity index (χ1n) is 8.19. The Labute approximate surface area is 114 Å². The van der Waals surface area contributed by atoms with Gasteiger partial charge in [-0.25, -0.2) is 0 Å². The molecule has 2 fully saturated rings. The lowest BCUT2D eigenvalue weighted by Crippen LogP contribution is -2.40. The molecule has 0 aromatic heterocycles. The normalized spacial score (nSPS) is 30.0. The molecule has 0 amide bonds. The molecule has 0 N–H and O–H groups in total. The van der Waals surface area contributed by atoms with Crippen molar-refractivity contribution >= 4 is 0 Å². The predicted octanol–water partition coefficient (Wildman–Crippen LogP) is 4.09. The molecule has 1 saturated heterocycles. The molecule has 0 bridgehead atoms. The highest BCUT2D eigenvalue weighted by Crippen LogP contribution is 2.30. The Balaban J connectivity index is 0.000000771. The largest absolute Gasteiger partial charge is 0.378 e. The van der Waals surface area contributed by atoms with Crippen molar-refractivity contribution in [3.63, 3.8) is 0 Å². The highest BCUT2D eigenvalue weighted by Gasteiger charge is 2.31. The molecule has 18 heavy (non-hydrogen) atoms. The summed E-state index contributed by atoms with van der Waals surface area (Å²) in [6.07, 6.45) is 8.70. The Bertz CT molecular complexity index is 199. The van der Waals surface area contributed by atoms with Crippen LogP contribution in [0.15, 0.2) is 0 Å². The smallest absolute Gasteiger partial charge is 0.0590 e. The number of piperidine rings is 1. The second-order valence-corrected chi connectivity index (χ2v) is 5.43. The summed E-state index contributed by atoms with van der Waals surface area (Å²) in [5.74, 6) is 1.00. The molecule has 2 atom stereocenters. The fourth-order valence-corrected chi connectivity index (χ4v) is 3.36. The maximum atomic E-state index is 5.74. The van der Waals surface area contributed by atoms with Gasteiger partial charge in [-0.2, -0.15) is 0 Å². The fourth-order valence-electron chi connectivity index (χ4n) is 3.36. The number of nitrogens with zero attached hydrogens (tertiary/aromatic N) is 1. The van der Waals surface area contributed by atoms with Gasteiger partial charge in [0, 0.05) is 12.6 Å². The third kappa shape index (κ3) is 4.55. The second kappa shape index (κ2) is 8.92. The summed E-state index contributed by atoms with van der Waals surface area (Å²) < 4.78 is 5.74. The first-order valence-corrected chi connectivity index (χ1v) is 8.19. The molecule has 2 aliphatic rings. The van der Waals surface area contributed by atoms with E-state index in [0.29, 0.717) is 6.10 Å². The van der Waals surface area contributed by atoms with E-state index in [0.717, 1.165) is 18.6 Å². The summed E-state index contributed by atoms with van der Waals surface area (Å²) in [6, 6.07) is 0.828. The highest BCUT2D eigenvalue weighted by molar-refractivity contribution is 4.86. The fraction of sp³-hybridized carbons (Fsp3) is 1.00. The molecule has 0 spiro atoms. The van der Waals surface area contributed by atoms with Gasteiger partial charge in [-0.1, -0.05) is 27.2 Å². The van der Waals surface area contributed by atoms with Crippen molar-refractivity contribution in [2.45, 2.75) is 78.4 Å². The summed E-state index contributed by atoms with van der Waals surface area (Å²) in [7, 11) is 0. The molecule has 2 rings (SSSR count). The van der Waals surface area contributed by atoms with Crippen LogP contribution in [-0.2, 0) is 4.74 Å². The van der Waals surface area contributed by atoms with Gasteiger partial charge in [-0.15, -0.1) is 0 Å². The summed E-state index contributed by atoms with van der Waals surface area (Å²) in [5, 5.41) is 0. The van der Waals surface area contributed by atoms with Crippen LogP contribution in [0.5, 0.6) is 0 Å². The van der Waals surface area contributed by atoms with E-state index in [1.807, 2.05) is 13.8 Å². The van der Waals surface area contributed by atoms with E-state index in [2.05, 4.69) is 18.7 Å². The zero-order valence-corrected chi connectivity index (χ0v) is 13.0. The van der Waals surface area contributed by atoms with Crippen LogP contribution >= 0.6 is 0 Å². The quantitative estimate of drug-likeness (QED) is 0.750. The van der Waals surface area contributed by atoms with Crippen molar-refractivity contribution in [3.8, 4) is 0 Å². The topological polar surface area (TPSA) is 12.5 Å². The average molecular weight is 255 g/mol. The average Bonchev–Trinajstić information content (AvgIpc) is 2.90. The van der Waals surface area contributed by atoms with Gasteiger partial charge in [0.15, 0.2) is 0 Å². The van der Waals surface area contributed by atoms with E-state index in [9.17, 15) is 0 Å². The van der Waals surface area contributed by atoms with E-state index in [4.69, 9.17) is 4.74 Å². The lowest BCUT2D eigenvalue weighted by atomic mass is 9.93. The lowest BCUT2D eigenvalue weighted by molar-refractivity contribution is 0.0563. The monoisotopic (exact) mass is 255 g/mol. The second-order valence-electron chi connectivity index (χ2n) is 5.43. The first-order chi connectivity index (χ1) is 8.83. The highest BCUT2D eigenvalue weighted by atomic mass is 16.5. The van der Waals surface area contributed by atoms with Crippen LogP contribution < -0.4 is 0 Å². The van der Waals surface area contributed by atoms with Crippen molar-refractivity contribution in [2.24, 2.45) is 5.92 Å². The molecule has 1 heterocycles. The molecule has 0 aromatic carbocycles. The van der Waals surface area contributed by atoms with Gasteiger partial charge in [-0.3, -0.25) is 0 Å². The van der Waals surface area contributed by atoms with Crippen LogP contribution in [0, 0.1) is 5.92 Å². The zero-order chi connectivity index (χ0) is 13.4. The van der Waals surface area contributed by atoms with E-state index >= 15 is 0 Å². The van der Waals surface area contributed by atoms with Gasteiger partial charge < -0.3 is 9.64 Å². The van der Waals surface area contributed by atoms with Crippen LogP contribution in [0.2, 0.25) is 0 Å². The summed E-state index contributed by atoms with van der Waals surface area (Å²) in [5.41, 5.74) is 0. The Morgan fingerprint density at radius 3 is 2.22 bits per heavy atom. The standard InChI is InChI=1S/C14H27NO.C2H6/c1-3-12-7-9-15(10-8-12)13-5-6-14(11-13)16-4-2;1-2/h12-14H,3-11H2,1-2H3;1-2H3. The van der Waals surface area contributed by atoms with Crippen molar-refractivity contribution in [1.29, 1.82) is 0 Å². The Kier molecular flexibility index (Phi) is 7.92. The number of ether oxygens (including phenoxy) is 1. The molecular formula is C16H33NO. The van der Waals surface area contributed by atoms with E-state index in [1.165, 1.54) is 51.6 Å². The molecule has 1 aliphatic heterocycles. The Hall–Kier alpha value is -0.0800. The van der Waals surface area contributed by atoms with Gasteiger partial charge in [0.2, 0.25) is 0 Å². The summed E-state index contributed by atoms with van der Waals surface area (Å²) >= 11 is 0. The lowest BCUT2D eigenvalue weighted by Gasteiger charge is -2.35. The minimum Gasteiger partial charge on any atom is -0.378 e. The molecule has 108 valence electrons. The maximum absolute atomic E-state index is 5.74.